The number of primary amides is 1. The first-order valence-corrected chi connectivity index (χ1v) is 5.56. The number of amides is 1. The predicted molar refractivity (Wildman–Crippen MR) is 68.8 cm³/mol. The Labute approximate surface area is 98.7 Å². The highest BCUT2D eigenvalue weighted by Gasteiger charge is 1.94. The van der Waals surface area contributed by atoms with Crippen LogP contribution in [0.4, 0.5) is 0 Å². The third kappa shape index (κ3) is 15.0. The second kappa shape index (κ2) is 13.5. The lowest BCUT2D eigenvalue weighted by Crippen LogP contribution is -2.10. The van der Waals surface area contributed by atoms with E-state index in [4.69, 9.17) is 10.5 Å². The summed E-state index contributed by atoms with van der Waals surface area (Å²) in [5.41, 5.74) is 4.98. The maximum absolute atomic E-state index is 10.4. The zero-order valence-electron chi connectivity index (χ0n) is 10.4. The van der Waals surface area contributed by atoms with Crippen LogP contribution in [-0.2, 0) is 9.53 Å². The minimum Gasteiger partial charge on any atom is -0.494 e. The molecule has 0 saturated heterocycles. The maximum atomic E-state index is 10.4. The average Bonchev–Trinajstić information content (AvgIpc) is 2.28. The lowest BCUT2D eigenvalue weighted by atomic mass is 10.2. The quantitative estimate of drug-likeness (QED) is 0.392. The number of ether oxygens (including phenoxy) is 1. The fourth-order valence-electron chi connectivity index (χ4n) is 0.828. The van der Waals surface area contributed by atoms with Gasteiger partial charge in [-0.05, 0) is 18.9 Å². The van der Waals surface area contributed by atoms with Crippen LogP contribution in [0.5, 0.6) is 0 Å². The van der Waals surface area contributed by atoms with Crippen molar-refractivity contribution in [2.75, 3.05) is 6.61 Å². The van der Waals surface area contributed by atoms with Gasteiger partial charge in [0, 0.05) is 6.42 Å². The van der Waals surface area contributed by atoms with Gasteiger partial charge in [0.1, 0.15) is 5.76 Å². The van der Waals surface area contributed by atoms with Gasteiger partial charge in [0.25, 0.3) is 0 Å². The molecule has 92 valence electrons. The van der Waals surface area contributed by atoms with Crippen LogP contribution in [-0.4, -0.2) is 12.5 Å². The molecule has 0 aromatic carbocycles. The minimum absolute atomic E-state index is 0.268. The number of hydrogen-bond acceptors (Lipinski definition) is 2. The van der Waals surface area contributed by atoms with E-state index in [0.717, 1.165) is 12.8 Å². The Hall–Kier alpha value is -1.51. The molecule has 3 nitrogen and oxygen atoms in total. The smallest absolute Gasteiger partial charge is 0.217 e. The van der Waals surface area contributed by atoms with E-state index < -0.39 is 0 Å². The van der Waals surface area contributed by atoms with Gasteiger partial charge in [-0.3, -0.25) is 4.79 Å². The highest BCUT2D eigenvalue weighted by molar-refractivity contribution is 5.73. The molecule has 0 aromatic heterocycles. The highest BCUT2D eigenvalue weighted by atomic mass is 16.5. The summed E-state index contributed by atoms with van der Waals surface area (Å²) in [5, 5.41) is 0. The van der Waals surface area contributed by atoms with Crippen LogP contribution >= 0.6 is 0 Å². The van der Waals surface area contributed by atoms with Crippen molar-refractivity contribution in [2.24, 2.45) is 5.73 Å². The van der Waals surface area contributed by atoms with Crippen LogP contribution in [0, 0.1) is 0 Å². The van der Waals surface area contributed by atoms with E-state index in [-0.39, 0.29) is 5.91 Å². The van der Waals surface area contributed by atoms with Crippen molar-refractivity contribution in [1.82, 2.24) is 0 Å². The summed E-state index contributed by atoms with van der Waals surface area (Å²) in [6, 6.07) is 0. The molecule has 0 heterocycles. The number of rotatable bonds is 8. The Kier molecular flexibility index (Phi) is 14.3. The first-order chi connectivity index (χ1) is 7.66. The van der Waals surface area contributed by atoms with E-state index in [9.17, 15) is 4.79 Å². The van der Waals surface area contributed by atoms with Crippen LogP contribution in [0.2, 0.25) is 0 Å². The molecule has 0 aliphatic carbocycles. The van der Waals surface area contributed by atoms with Crippen LogP contribution in [0.15, 0.2) is 37.1 Å². The van der Waals surface area contributed by atoms with E-state index in [2.05, 4.69) is 13.2 Å². The van der Waals surface area contributed by atoms with Crippen LogP contribution in [0.3, 0.4) is 0 Å². The number of nitrogens with two attached hydrogens (primary N) is 1. The Morgan fingerprint density at radius 3 is 2.50 bits per heavy atom. The number of carbonyl (C=O) groups is 1. The summed E-state index contributed by atoms with van der Waals surface area (Å²) in [7, 11) is 0. The molecule has 0 saturated carbocycles. The van der Waals surface area contributed by atoms with Crippen molar-refractivity contribution in [3.05, 3.63) is 37.1 Å². The molecular formula is C13H23NO2. The summed E-state index contributed by atoms with van der Waals surface area (Å²) >= 11 is 0. The number of unbranched alkanes of at least 4 members (excludes halogenated alkanes) is 1. The van der Waals surface area contributed by atoms with Crippen molar-refractivity contribution in [3.63, 3.8) is 0 Å². The van der Waals surface area contributed by atoms with Gasteiger partial charge in [0.05, 0.1) is 6.61 Å². The van der Waals surface area contributed by atoms with Crippen molar-refractivity contribution in [1.29, 1.82) is 0 Å². The lowest BCUT2D eigenvalue weighted by molar-refractivity contribution is -0.118. The van der Waals surface area contributed by atoms with Crippen molar-refractivity contribution in [2.45, 2.75) is 33.1 Å². The Morgan fingerprint density at radius 2 is 2.00 bits per heavy atom. The molecule has 2 N–H and O–H groups in total. The summed E-state index contributed by atoms with van der Waals surface area (Å²) in [6.07, 6.45) is 7.13. The second-order valence-electron chi connectivity index (χ2n) is 2.83. The highest BCUT2D eigenvalue weighted by Crippen LogP contribution is 2.00. The van der Waals surface area contributed by atoms with Crippen molar-refractivity contribution < 1.29 is 9.53 Å². The average molecular weight is 225 g/mol. The van der Waals surface area contributed by atoms with E-state index in [1.807, 2.05) is 13.8 Å². The van der Waals surface area contributed by atoms with E-state index >= 15 is 0 Å². The minimum atomic E-state index is -0.268. The van der Waals surface area contributed by atoms with Gasteiger partial charge in [0.15, 0.2) is 0 Å². The molecule has 0 spiro atoms. The molecule has 0 aromatic rings. The molecule has 0 aliphatic rings. The molecule has 0 rings (SSSR count). The van der Waals surface area contributed by atoms with Gasteiger partial charge in [-0.2, -0.15) is 0 Å². The molecule has 16 heavy (non-hydrogen) atoms. The summed E-state index contributed by atoms with van der Waals surface area (Å²) in [6.45, 7) is 11.8. The second-order valence-corrected chi connectivity index (χ2v) is 2.83. The van der Waals surface area contributed by atoms with Gasteiger partial charge < -0.3 is 10.5 Å². The number of allylic oxidation sites excluding steroid dienone is 3. The normalized spacial score (nSPS) is 9.12. The molecule has 0 aliphatic heterocycles. The number of carbonyl (C=O) groups excluding carboxylic acids is 1. The first-order valence-electron chi connectivity index (χ1n) is 5.56. The molecule has 0 atom stereocenters. The SMILES string of the molecule is C=C/C=C\C(=C)OCCCCC(N)=O.CC. The maximum Gasteiger partial charge on any atom is 0.217 e. The van der Waals surface area contributed by atoms with Crippen LogP contribution in [0.1, 0.15) is 33.1 Å². The molecular weight excluding hydrogens is 202 g/mol. The van der Waals surface area contributed by atoms with Gasteiger partial charge in [0.2, 0.25) is 5.91 Å². The monoisotopic (exact) mass is 225 g/mol. The fraction of sp³-hybridized carbons (Fsp3) is 0.462. The summed E-state index contributed by atoms with van der Waals surface area (Å²) < 4.78 is 5.24. The van der Waals surface area contributed by atoms with E-state index in [0.29, 0.717) is 18.8 Å². The molecule has 0 fully saturated rings. The van der Waals surface area contributed by atoms with E-state index in [1.54, 1.807) is 18.2 Å². The van der Waals surface area contributed by atoms with Gasteiger partial charge in [-0.1, -0.05) is 39.2 Å². The van der Waals surface area contributed by atoms with Crippen molar-refractivity contribution >= 4 is 5.91 Å². The topological polar surface area (TPSA) is 52.3 Å². The predicted octanol–water partition coefficient (Wildman–Crippen LogP) is 2.94. The summed E-state index contributed by atoms with van der Waals surface area (Å²) in [4.78, 5) is 10.4. The zero-order chi connectivity index (χ0) is 12.8. The summed E-state index contributed by atoms with van der Waals surface area (Å²) in [5.74, 6) is 0.333. The molecule has 3 heteroatoms. The fourth-order valence-corrected chi connectivity index (χ4v) is 0.828. The van der Waals surface area contributed by atoms with Gasteiger partial charge >= 0.3 is 0 Å². The van der Waals surface area contributed by atoms with Crippen LogP contribution < -0.4 is 5.73 Å². The van der Waals surface area contributed by atoms with Crippen LogP contribution in [0.25, 0.3) is 0 Å². The standard InChI is InChI=1S/C11H17NO2.C2H6/c1-3-4-7-10(2)14-9-6-5-8-11(12)13;1-2/h3-4,7H,1-2,5-6,8-9H2,(H2,12,13);1-2H3/b7-4-;. The first kappa shape index (κ1) is 16.9. The molecule has 0 radical (unpaired) electrons. The van der Waals surface area contributed by atoms with Gasteiger partial charge in [-0.25, -0.2) is 0 Å². The number of hydrogen-bond donors (Lipinski definition) is 1. The zero-order valence-corrected chi connectivity index (χ0v) is 10.4. The Balaban J connectivity index is 0. The van der Waals surface area contributed by atoms with Gasteiger partial charge in [-0.15, -0.1) is 0 Å². The van der Waals surface area contributed by atoms with E-state index in [1.165, 1.54) is 0 Å². The molecule has 0 bridgehead atoms. The van der Waals surface area contributed by atoms with Crippen molar-refractivity contribution in [3.8, 4) is 0 Å². The lowest BCUT2D eigenvalue weighted by Gasteiger charge is -2.04. The third-order valence-corrected chi connectivity index (χ3v) is 1.52. The largest absolute Gasteiger partial charge is 0.494 e. The third-order valence-electron chi connectivity index (χ3n) is 1.52. The molecule has 0 unspecified atom stereocenters. The molecule has 1 amide bonds. The Morgan fingerprint density at radius 1 is 1.38 bits per heavy atom. The Bertz CT molecular complexity index is 232.